The van der Waals surface area contributed by atoms with Crippen LogP contribution < -0.4 is 10.1 Å². The zero-order valence-corrected chi connectivity index (χ0v) is 19.1. The second-order valence-electron chi connectivity index (χ2n) is 8.43. The number of imidazole rings is 1. The molecule has 176 valence electrons. The monoisotopic (exact) mass is 472 g/mol. The first-order valence-electron chi connectivity index (χ1n) is 11.1. The number of pyridine rings is 1. The van der Waals surface area contributed by atoms with Gasteiger partial charge in [0.05, 0.1) is 6.61 Å². The number of ether oxygens (including phenoxy) is 1. The molecule has 0 bridgehead atoms. The van der Waals surface area contributed by atoms with Crippen molar-refractivity contribution in [1.82, 2.24) is 33.9 Å². The van der Waals surface area contributed by atoms with E-state index in [0.29, 0.717) is 47.1 Å². The Morgan fingerprint density at radius 2 is 2.03 bits per heavy atom. The van der Waals surface area contributed by atoms with Crippen molar-refractivity contribution in [1.29, 1.82) is 0 Å². The third-order valence-corrected chi connectivity index (χ3v) is 6.16. The van der Waals surface area contributed by atoms with Crippen LogP contribution in [-0.4, -0.2) is 60.5 Å². The molecule has 0 aliphatic carbocycles. The molecule has 0 saturated heterocycles. The largest absolute Gasteiger partial charge is 0.493 e. The fourth-order valence-corrected chi connectivity index (χ4v) is 4.44. The molecule has 6 rings (SSSR count). The number of rotatable bonds is 5. The normalized spacial score (nSPS) is 12.7. The summed E-state index contributed by atoms with van der Waals surface area (Å²) < 4.78 is 23.6. The summed E-state index contributed by atoms with van der Waals surface area (Å²) in [6.45, 7) is 0.791. The van der Waals surface area contributed by atoms with Gasteiger partial charge in [-0.05, 0) is 24.3 Å². The number of halogens is 1. The second kappa shape index (κ2) is 8.05. The number of amides is 1. The quantitative estimate of drug-likeness (QED) is 0.420. The number of hydrogen-bond acceptors (Lipinski definition) is 7. The van der Waals surface area contributed by atoms with Gasteiger partial charge >= 0.3 is 0 Å². The lowest BCUT2D eigenvalue weighted by molar-refractivity contribution is 0.0820. The van der Waals surface area contributed by atoms with Crippen molar-refractivity contribution in [2.24, 2.45) is 0 Å². The molecule has 1 aromatic carbocycles. The van der Waals surface area contributed by atoms with Gasteiger partial charge in [-0.25, -0.2) is 14.4 Å². The Morgan fingerprint density at radius 3 is 2.89 bits per heavy atom. The molecule has 1 amide bonds. The maximum absolute atomic E-state index is 14.6. The first kappa shape index (κ1) is 21.0. The number of anilines is 1. The van der Waals surface area contributed by atoms with Crippen LogP contribution in [0.2, 0.25) is 0 Å². The zero-order valence-electron chi connectivity index (χ0n) is 19.1. The van der Waals surface area contributed by atoms with Crippen molar-refractivity contribution >= 4 is 23.1 Å². The van der Waals surface area contributed by atoms with E-state index in [1.54, 1.807) is 59.9 Å². The molecule has 1 aliphatic heterocycles. The summed E-state index contributed by atoms with van der Waals surface area (Å²) in [6, 6.07) is 6.68. The van der Waals surface area contributed by atoms with E-state index in [0.717, 1.165) is 16.9 Å². The molecule has 35 heavy (non-hydrogen) atoms. The minimum atomic E-state index is -0.285. The maximum atomic E-state index is 14.6. The number of nitrogens with zero attached hydrogens (tertiary/aromatic N) is 7. The number of nitrogens with one attached hydrogen (secondary N) is 1. The van der Waals surface area contributed by atoms with Crippen LogP contribution in [0.1, 0.15) is 21.6 Å². The molecule has 0 unspecified atom stereocenters. The minimum Gasteiger partial charge on any atom is -0.493 e. The van der Waals surface area contributed by atoms with E-state index in [9.17, 15) is 9.18 Å². The molecule has 4 aromatic heterocycles. The number of carbonyl (C=O) groups excluding carboxylic acids is 1. The van der Waals surface area contributed by atoms with E-state index in [-0.39, 0.29) is 18.3 Å². The van der Waals surface area contributed by atoms with Crippen molar-refractivity contribution in [3.8, 4) is 16.9 Å². The Labute approximate surface area is 199 Å². The Morgan fingerprint density at radius 1 is 1.14 bits per heavy atom. The van der Waals surface area contributed by atoms with Crippen LogP contribution in [0, 0.1) is 5.82 Å². The van der Waals surface area contributed by atoms with Gasteiger partial charge in [0.15, 0.2) is 5.65 Å². The number of hydrogen-bond donors (Lipinski definition) is 1. The highest BCUT2D eigenvalue weighted by Gasteiger charge is 2.21. The highest BCUT2D eigenvalue weighted by Crippen LogP contribution is 2.32. The molecule has 1 aliphatic rings. The fraction of sp³-hybridized carbons (Fsp3) is 0.208. The summed E-state index contributed by atoms with van der Waals surface area (Å²) >= 11 is 0. The van der Waals surface area contributed by atoms with Crippen molar-refractivity contribution in [2.75, 3.05) is 26.0 Å². The van der Waals surface area contributed by atoms with Gasteiger partial charge in [0.25, 0.3) is 5.91 Å². The fourth-order valence-electron chi connectivity index (χ4n) is 4.44. The van der Waals surface area contributed by atoms with Gasteiger partial charge < -0.3 is 15.0 Å². The van der Waals surface area contributed by atoms with E-state index in [1.165, 1.54) is 11.0 Å². The smallest absolute Gasteiger partial charge is 0.270 e. The molecule has 11 heteroatoms. The molecule has 5 heterocycles. The lowest BCUT2D eigenvalue weighted by atomic mass is 10.0. The molecule has 0 radical (unpaired) electrons. The summed E-state index contributed by atoms with van der Waals surface area (Å²) in [4.78, 5) is 23.2. The molecule has 10 nitrogen and oxygen atoms in total. The van der Waals surface area contributed by atoms with Crippen LogP contribution in [0.5, 0.6) is 5.75 Å². The maximum Gasteiger partial charge on any atom is 0.270 e. The van der Waals surface area contributed by atoms with Gasteiger partial charge in [0.1, 0.15) is 29.2 Å². The van der Waals surface area contributed by atoms with E-state index in [1.807, 2.05) is 6.07 Å². The van der Waals surface area contributed by atoms with E-state index in [4.69, 9.17) is 4.74 Å². The van der Waals surface area contributed by atoms with Gasteiger partial charge in [-0.3, -0.25) is 13.6 Å². The van der Waals surface area contributed by atoms with Crippen LogP contribution >= 0.6 is 0 Å². The predicted octanol–water partition coefficient (Wildman–Crippen LogP) is 2.83. The van der Waals surface area contributed by atoms with E-state index >= 15 is 0 Å². The average molecular weight is 472 g/mol. The molecule has 1 N–H and O–H groups in total. The summed E-state index contributed by atoms with van der Waals surface area (Å²) in [6.07, 6.45) is 7.29. The summed E-state index contributed by atoms with van der Waals surface area (Å²) in [7, 11) is 3.41. The first-order chi connectivity index (χ1) is 17.0. The van der Waals surface area contributed by atoms with Gasteiger partial charge in [0.2, 0.25) is 5.95 Å². The molecule has 5 aromatic rings. The topological polar surface area (TPSA) is 102 Å². The minimum absolute atomic E-state index is 0.130. The van der Waals surface area contributed by atoms with Crippen LogP contribution in [0.15, 0.2) is 49.2 Å². The lowest BCUT2D eigenvalue weighted by Crippen LogP contribution is -2.24. The standard InChI is InChI=1S/C24H21FN8O2/c1-31(2)23(34)19-5-3-15(21-26-8-9-32(19)21)17-12-28-24(33-13-29-30-22(17)33)27-11-16-14-7-10-35-20(14)6-4-18(16)25/h3-6,8-9,12-13H,7,10-11H2,1-2H3,(H,27,28). The van der Waals surface area contributed by atoms with Crippen LogP contribution in [0.25, 0.3) is 22.4 Å². The second-order valence-corrected chi connectivity index (χ2v) is 8.43. The SMILES string of the molecule is CN(C)C(=O)c1ccc(-c2cnc(NCc3c(F)ccc4c3CCO4)n3cnnc23)c2nccn12. The molecule has 0 atom stereocenters. The van der Waals surface area contributed by atoms with Crippen LogP contribution in [0.4, 0.5) is 10.3 Å². The van der Waals surface area contributed by atoms with Crippen LogP contribution in [-0.2, 0) is 13.0 Å². The summed E-state index contributed by atoms with van der Waals surface area (Å²) in [5.74, 6) is 0.784. The summed E-state index contributed by atoms with van der Waals surface area (Å²) in [5, 5.41) is 11.6. The Kier molecular flexibility index (Phi) is 4.83. The van der Waals surface area contributed by atoms with Gasteiger partial charge in [0, 0.05) is 67.9 Å². The van der Waals surface area contributed by atoms with E-state index in [2.05, 4.69) is 25.5 Å². The average Bonchev–Trinajstić information content (AvgIpc) is 3.62. The predicted molar refractivity (Wildman–Crippen MR) is 126 cm³/mol. The molecule has 0 saturated carbocycles. The number of fused-ring (bicyclic) bond motifs is 3. The first-order valence-corrected chi connectivity index (χ1v) is 11.1. The van der Waals surface area contributed by atoms with Crippen molar-refractivity contribution in [3.63, 3.8) is 0 Å². The summed E-state index contributed by atoms with van der Waals surface area (Å²) in [5.41, 5.74) is 4.56. The molecular formula is C24H21FN8O2. The van der Waals surface area contributed by atoms with Gasteiger partial charge in [-0.2, -0.15) is 0 Å². The molecular weight excluding hydrogens is 451 g/mol. The zero-order chi connectivity index (χ0) is 24.1. The van der Waals surface area contributed by atoms with E-state index < -0.39 is 0 Å². The third-order valence-electron chi connectivity index (χ3n) is 6.16. The van der Waals surface area contributed by atoms with Gasteiger partial charge in [-0.15, -0.1) is 10.2 Å². The Balaban J connectivity index is 1.38. The molecule has 0 spiro atoms. The van der Waals surface area contributed by atoms with Crippen molar-refractivity contribution in [3.05, 3.63) is 71.8 Å². The Bertz CT molecular complexity index is 1610. The third kappa shape index (κ3) is 3.35. The van der Waals surface area contributed by atoms with Crippen LogP contribution in [0.3, 0.4) is 0 Å². The molecule has 0 fully saturated rings. The van der Waals surface area contributed by atoms with Crippen molar-refractivity contribution < 1.29 is 13.9 Å². The number of benzene rings is 1. The highest BCUT2D eigenvalue weighted by atomic mass is 19.1. The number of carbonyl (C=O) groups is 1. The van der Waals surface area contributed by atoms with Gasteiger partial charge in [-0.1, -0.05) is 0 Å². The van der Waals surface area contributed by atoms with Crippen molar-refractivity contribution in [2.45, 2.75) is 13.0 Å². The Hall–Kier alpha value is -4.54. The highest BCUT2D eigenvalue weighted by molar-refractivity contribution is 5.95. The number of aromatic nitrogens is 6. The lowest BCUT2D eigenvalue weighted by Gasteiger charge is -2.14.